The predicted molar refractivity (Wildman–Crippen MR) is 105 cm³/mol. The highest BCUT2D eigenvalue weighted by atomic mass is 32.7. The smallest absolute Gasteiger partial charge is 0.389 e. The number of hydrogen-bond acceptors (Lipinski definition) is 8. The van der Waals surface area contributed by atoms with E-state index < -0.39 is 43.2 Å². The highest BCUT2D eigenvalue weighted by Gasteiger charge is 2.41. The first kappa shape index (κ1) is 23.7. The molecule has 8 nitrogen and oxygen atoms in total. The van der Waals surface area contributed by atoms with Crippen LogP contribution in [0.5, 0.6) is 0 Å². The summed E-state index contributed by atoms with van der Waals surface area (Å²) < 4.78 is 36.2. The summed E-state index contributed by atoms with van der Waals surface area (Å²) in [6, 6.07) is -1.16. The van der Waals surface area contributed by atoms with Gasteiger partial charge in [0.2, 0.25) is 0 Å². The van der Waals surface area contributed by atoms with Gasteiger partial charge in [-0.1, -0.05) is 0 Å². The zero-order valence-corrected chi connectivity index (χ0v) is 17.8. The normalized spacial score (nSPS) is 36.8. The lowest BCUT2D eigenvalue weighted by Crippen LogP contribution is -2.36. The van der Waals surface area contributed by atoms with Crippen molar-refractivity contribution in [2.24, 2.45) is 0 Å². The van der Waals surface area contributed by atoms with Crippen LogP contribution in [0.2, 0.25) is 0 Å². The van der Waals surface area contributed by atoms with Gasteiger partial charge in [-0.25, -0.2) is 4.57 Å². The van der Waals surface area contributed by atoms with Gasteiger partial charge in [-0.05, 0) is 24.2 Å². The standard InChI is InChI=1S/C15H29B2NO7PS/c1-18(2,3)4-5-27-26(21,22-9-13-10(20)6-14(16)24-13)25-11-7-15(17)23-12(11)8-19/h10-15,19-20H,4-9H2,1-3H3/q+1/t10?,11?,12-,13-,14-,15-,26+/m1/s1. The molecule has 0 amide bonds. The van der Waals surface area contributed by atoms with Crippen LogP contribution in [0.15, 0.2) is 0 Å². The molecule has 2 N–H and O–H groups in total. The molecule has 0 spiro atoms. The molecule has 152 valence electrons. The van der Waals surface area contributed by atoms with E-state index in [4.69, 9.17) is 34.2 Å². The molecule has 0 aliphatic carbocycles. The van der Waals surface area contributed by atoms with Crippen molar-refractivity contribution in [3.8, 4) is 0 Å². The van der Waals surface area contributed by atoms with Crippen LogP contribution in [-0.4, -0.2) is 113 Å². The molecule has 2 unspecified atom stereocenters. The Bertz CT molecular complexity index is 527. The number of hydrogen-bond donors (Lipinski definition) is 2. The van der Waals surface area contributed by atoms with Crippen LogP contribution in [0.4, 0.5) is 0 Å². The van der Waals surface area contributed by atoms with E-state index in [1.54, 1.807) is 0 Å². The predicted octanol–water partition coefficient (Wildman–Crippen LogP) is -0.144. The first-order valence-electron chi connectivity index (χ1n) is 9.00. The van der Waals surface area contributed by atoms with Crippen LogP contribution >= 0.6 is 18.2 Å². The summed E-state index contributed by atoms with van der Waals surface area (Å²) in [6.07, 6.45) is -2.13. The van der Waals surface area contributed by atoms with Crippen LogP contribution in [-0.2, 0) is 23.1 Å². The van der Waals surface area contributed by atoms with Crippen LogP contribution in [0.25, 0.3) is 0 Å². The zero-order valence-electron chi connectivity index (χ0n) is 16.1. The molecule has 0 bridgehead atoms. The zero-order chi connectivity index (χ0) is 20.2. The summed E-state index contributed by atoms with van der Waals surface area (Å²) in [7, 11) is 17.5. The molecule has 0 saturated carbocycles. The van der Waals surface area contributed by atoms with Gasteiger partial charge in [0.15, 0.2) is 0 Å². The largest absolute Gasteiger partial charge is 0.394 e. The van der Waals surface area contributed by atoms with Crippen molar-refractivity contribution in [3.63, 3.8) is 0 Å². The van der Waals surface area contributed by atoms with Gasteiger partial charge in [-0.15, -0.1) is 0 Å². The molecule has 4 radical (unpaired) electrons. The van der Waals surface area contributed by atoms with Crippen LogP contribution < -0.4 is 0 Å². The maximum atomic E-state index is 13.3. The van der Waals surface area contributed by atoms with Crippen LogP contribution in [0.1, 0.15) is 12.8 Å². The SMILES string of the molecule is [B][C@H]1CC(O)[C@@H](CO[P@@](=O)(OC2C[C@H]([B])O[C@@H]2CO)SCC[N+](C)(C)C)O1. The molecule has 27 heavy (non-hydrogen) atoms. The number of rotatable bonds is 10. The van der Waals surface area contributed by atoms with E-state index >= 15 is 0 Å². The van der Waals surface area contributed by atoms with E-state index in [0.29, 0.717) is 23.1 Å². The third kappa shape index (κ3) is 7.64. The summed E-state index contributed by atoms with van der Waals surface area (Å²) >= 11 is 1.09. The van der Waals surface area contributed by atoms with E-state index in [-0.39, 0.29) is 13.2 Å². The minimum Gasteiger partial charge on any atom is -0.394 e. The second-order valence-electron chi connectivity index (χ2n) is 7.88. The Morgan fingerprint density at radius 3 is 2.37 bits per heavy atom. The Kier molecular flexibility index (Phi) is 8.74. The molecule has 12 heteroatoms. The number of quaternary nitrogens is 1. The van der Waals surface area contributed by atoms with Gasteiger partial charge in [0.25, 0.3) is 0 Å². The fourth-order valence-electron chi connectivity index (χ4n) is 2.79. The second-order valence-corrected chi connectivity index (χ2v) is 12.0. The highest BCUT2D eigenvalue weighted by Crippen LogP contribution is 2.62. The Balaban J connectivity index is 1.99. The maximum absolute atomic E-state index is 13.3. The Hall–Kier alpha value is 0.430. The highest BCUT2D eigenvalue weighted by molar-refractivity contribution is 8.55. The molecule has 2 fully saturated rings. The first-order chi connectivity index (χ1) is 12.5. The van der Waals surface area contributed by atoms with Crippen LogP contribution in [0, 0.1) is 0 Å². The summed E-state index contributed by atoms with van der Waals surface area (Å²) in [5.41, 5.74) is 0. The molecule has 2 heterocycles. The minimum atomic E-state index is -3.60. The molecule has 0 aromatic rings. The molecular formula is C15H29B2NO7PS+. The fraction of sp³-hybridized carbons (Fsp3) is 1.00. The van der Waals surface area contributed by atoms with Crippen molar-refractivity contribution < 1.29 is 37.8 Å². The average Bonchev–Trinajstić information content (AvgIpc) is 3.05. The van der Waals surface area contributed by atoms with Gasteiger partial charge in [0.05, 0.1) is 58.9 Å². The summed E-state index contributed by atoms with van der Waals surface area (Å²) in [6.45, 7) is -3.25. The first-order valence-corrected chi connectivity index (χ1v) is 12.1. The van der Waals surface area contributed by atoms with Gasteiger partial charge >= 0.3 is 6.80 Å². The van der Waals surface area contributed by atoms with Gasteiger partial charge in [0, 0.05) is 12.0 Å². The topological polar surface area (TPSA) is 94.5 Å². The second kappa shape index (κ2) is 9.96. The maximum Gasteiger partial charge on any atom is 0.389 e. The molecule has 2 saturated heterocycles. The Morgan fingerprint density at radius 2 is 1.81 bits per heavy atom. The molecule has 0 aromatic heterocycles. The Morgan fingerprint density at radius 1 is 1.19 bits per heavy atom. The molecule has 2 aliphatic heterocycles. The fourth-order valence-corrected chi connectivity index (χ4v) is 6.55. The number of aliphatic hydroxyl groups is 2. The summed E-state index contributed by atoms with van der Waals surface area (Å²) in [5.74, 6) is 0.539. The lowest BCUT2D eigenvalue weighted by molar-refractivity contribution is -0.867. The molecule has 7 atom stereocenters. The van der Waals surface area contributed by atoms with Crippen LogP contribution in [0.3, 0.4) is 0 Å². The van der Waals surface area contributed by atoms with E-state index in [1.165, 1.54) is 0 Å². The summed E-state index contributed by atoms with van der Waals surface area (Å²) in [4.78, 5) is 0. The third-order valence-electron chi connectivity index (χ3n) is 4.33. The molecule has 2 aliphatic rings. The van der Waals surface area contributed by atoms with Crippen molar-refractivity contribution >= 4 is 33.9 Å². The van der Waals surface area contributed by atoms with E-state index in [9.17, 15) is 14.8 Å². The van der Waals surface area contributed by atoms with Gasteiger partial charge in [-0.2, -0.15) is 0 Å². The monoisotopic (exact) mass is 420 g/mol. The third-order valence-corrected chi connectivity index (χ3v) is 8.08. The van der Waals surface area contributed by atoms with Gasteiger partial charge in [-0.3, -0.25) is 9.05 Å². The lowest BCUT2D eigenvalue weighted by Gasteiger charge is -2.27. The minimum absolute atomic E-state index is 0.104. The Labute approximate surface area is 167 Å². The van der Waals surface area contributed by atoms with E-state index in [2.05, 4.69) is 0 Å². The molecule has 0 aromatic carbocycles. The average molecular weight is 420 g/mol. The van der Waals surface area contributed by atoms with Gasteiger partial charge < -0.3 is 24.2 Å². The van der Waals surface area contributed by atoms with E-state index in [0.717, 1.165) is 17.9 Å². The summed E-state index contributed by atoms with van der Waals surface area (Å²) in [5, 5.41) is 19.4. The molecular weight excluding hydrogens is 391 g/mol. The van der Waals surface area contributed by atoms with Crippen molar-refractivity contribution in [2.75, 3.05) is 46.7 Å². The number of ether oxygens (including phenoxy) is 2. The van der Waals surface area contributed by atoms with Crippen molar-refractivity contribution in [1.29, 1.82) is 0 Å². The van der Waals surface area contributed by atoms with Crippen molar-refractivity contribution in [1.82, 2.24) is 0 Å². The number of nitrogens with zero attached hydrogens (tertiary/aromatic N) is 1. The molecule has 2 rings (SSSR count). The van der Waals surface area contributed by atoms with Crippen molar-refractivity contribution in [2.45, 2.75) is 49.3 Å². The number of aliphatic hydroxyl groups excluding tert-OH is 2. The van der Waals surface area contributed by atoms with Gasteiger partial charge in [0.1, 0.15) is 27.9 Å². The van der Waals surface area contributed by atoms with E-state index in [1.807, 2.05) is 21.1 Å². The quantitative estimate of drug-likeness (QED) is 0.287. The van der Waals surface area contributed by atoms with Crippen molar-refractivity contribution in [3.05, 3.63) is 0 Å². The lowest BCUT2D eigenvalue weighted by atomic mass is 9.96.